The van der Waals surface area contributed by atoms with Crippen molar-refractivity contribution >= 4 is 11.6 Å². The van der Waals surface area contributed by atoms with E-state index in [0.29, 0.717) is 6.54 Å². The van der Waals surface area contributed by atoms with E-state index in [4.69, 9.17) is 5.73 Å². The van der Waals surface area contributed by atoms with Gasteiger partial charge < -0.3 is 20.4 Å². The molecule has 110 valence electrons. The van der Waals surface area contributed by atoms with Crippen molar-refractivity contribution in [2.24, 2.45) is 5.73 Å². The third-order valence-corrected chi connectivity index (χ3v) is 3.83. The van der Waals surface area contributed by atoms with E-state index in [1.54, 1.807) is 0 Å². The van der Waals surface area contributed by atoms with E-state index in [-0.39, 0.29) is 11.9 Å². The molecule has 5 heteroatoms. The largest absolute Gasteiger partial charge is 0.378 e. The molecule has 1 aromatic carbocycles. The lowest BCUT2D eigenvalue weighted by Gasteiger charge is -2.39. The molecule has 1 heterocycles. The summed E-state index contributed by atoms with van der Waals surface area (Å²) < 4.78 is 0. The highest BCUT2D eigenvalue weighted by Crippen LogP contribution is 2.17. The molecule has 0 aliphatic carbocycles. The summed E-state index contributed by atoms with van der Waals surface area (Å²) in [6.45, 7) is 2.98. The molecule has 5 nitrogen and oxygen atoms in total. The Balaban J connectivity index is 2.19. The van der Waals surface area contributed by atoms with Crippen molar-refractivity contribution in [3.8, 4) is 0 Å². The highest BCUT2D eigenvalue weighted by molar-refractivity contribution is 5.95. The molecule has 1 atom stereocenters. The first-order valence-electron chi connectivity index (χ1n) is 7.00. The first kappa shape index (κ1) is 14.8. The predicted molar refractivity (Wildman–Crippen MR) is 82.1 cm³/mol. The van der Waals surface area contributed by atoms with Crippen molar-refractivity contribution < 1.29 is 4.79 Å². The Hall–Kier alpha value is -1.59. The van der Waals surface area contributed by atoms with Crippen LogP contribution >= 0.6 is 0 Å². The van der Waals surface area contributed by atoms with E-state index in [0.717, 1.165) is 30.9 Å². The summed E-state index contributed by atoms with van der Waals surface area (Å²) in [5.41, 5.74) is 7.59. The first-order chi connectivity index (χ1) is 9.52. The zero-order valence-electron chi connectivity index (χ0n) is 12.5. The zero-order valence-corrected chi connectivity index (χ0v) is 12.5. The molecule has 1 aliphatic rings. The predicted octanol–water partition coefficient (Wildman–Crippen LogP) is 0.468. The van der Waals surface area contributed by atoms with Gasteiger partial charge in [-0.15, -0.1) is 0 Å². The van der Waals surface area contributed by atoms with Gasteiger partial charge in [-0.1, -0.05) is 6.07 Å². The summed E-state index contributed by atoms with van der Waals surface area (Å²) in [6, 6.07) is 7.84. The van der Waals surface area contributed by atoms with Gasteiger partial charge in [0.05, 0.1) is 6.04 Å². The summed E-state index contributed by atoms with van der Waals surface area (Å²) >= 11 is 0. The Labute approximate surface area is 120 Å². The summed E-state index contributed by atoms with van der Waals surface area (Å²) in [5, 5.41) is 0. The average molecular weight is 276 g/mol. The van der Waals surface area contributed by atoms with Crippen LogP contribution < -0.4 is 10.6 Å². The second kappa shape index (κ2) is 6.24. The van der Waals surface area contributed by atoms with Crippen LogP contribution in [-0.4, -0.2) is 69.1 Å². The lowest BCUT2D eigenvalue weighted by Crippen LogP contribution is -2.56. The molecule has 1 amide bonds. The maximum atomic E-state index is 12.7. The lowest BCUT2D eigenvalue weighted by atomic mass is 10.1. The van der Waals surface area contributed by atoms with E-state index in [1.807, 2.05) is 48.2 Å². The van der Waals surface area contributed by atoms with Gasteiger partial charge in [0.1, 0.15) is 0 Å². The van der Waals surface area contributed by atoms with E-state index in [1.165, 1.54) is 0 Å². The van der Waals surface area contributed by atoms with Crippen LogP contribution in [0.2, 0.25) is 0 Å². The normalized spacial score (nSPS) is 20.0. The lowest BCUT2D eigenvalue weighted by molar-refractivity contribution is 0.0516. The third kappa shape index (κ3) is 3.11. The van der Waals surface area contributed by atoms with E-state index < -0.39 is 0 Å². The minimum Gasteiger partial charge on any atom is -0.378 e. The fourth-order valence-electron chi connectivity index (χ4n) is 2.56. The van der Waals surface area contributed by atoms with Crippen molar-refractivity contribution in [1.82, 2.24) is 9.80 Å². The average Bonchev–Trinajstić information content (AvgIpc) is 2.46. The van der Waals surface area contributed by atoms with Gasteiger partial charge in [-0.05, 0) is 25.2 Å². The molecule has 0 radical (unpaired) electrons. The number of carbonyl (C=O) groups is 1. The number of hydrogen-bond donors (Lipinski definition) is 1. The quantitative estimate of drug-likeness (QED) is 0.872. The fraction of sp³-hybridized carbons (Fsp3) is 0.533. The molecule has 0 bridgehead atoms. The highest BCUT2D eigenvalue weighted by atomic mass is 16.2. The molecule has 0 aromatic heterocycles. The van der Waals surface area contributed by atoms with Crippen molar-refractivity contribution in [1.29, 1.82) is 0 Å². The maximum Gasteiger partial charge on any atom is 0.254 e. The molecule has 20 heavy (non-hydrogen) atoms. The van der Waals surface area contributed by atoms with Crippen LogP contribution in [0.1, 0.15) is 10.4 Å². The number of likely N-dealkylation sites (N-methyl/N-ethyl adjacent to an activating group) is 1. The van der Waals surface area contributed by atoms with Gasteiger partial charge in [-0.2, -0.15) is 0 Å². The summed E-state index contributed by atoms with van der Waals surface area (Å²) in [6.07, 6.45) is 0. The molecule has 1 aliphatic heterocycles. The number of nitrogens with zero attached hydrogens (tertiary/aromatic N) is 3. The molecule has 0 saturated carbocycles. The van der Waals surface area contributed by atoms with Crippen LogP contribution in [0.3, 0.4) is 0 Å². The number of hydrogen-bond acceptors (Lipinski definition) is 4. The van der Waals surface area contributed by atoms with E-state index in [9.17, 15) is 4.79 Å². The maximum absolute atomic E-state index is 12.7. The van der Waals surface area contributed by atoms with E-state index >= 15 is 0 Å². The van der Waals surface area contributed by atoms with Gasteiger partial charge in [0, 0.05) is 51.5 Å². The highest BCUT2D eigenvalue weighted by Gasteiger charge is 2.28. The van der Waals surface area contributed by atoms with Crippen molar-refractivity contribution in [3.63, 3.8) is 0 Å². The molecular formula is C15H24N4O. The minimum atomic E-state index is 0.0808. The molecule has 2 N–H and O–H groups in total. The van der Waals surface area contributed by atoms with Crippen molar-refractivity contribution in [3.05, 3.63) is 29.8 Å². The van der Waals surface area contributed by atoms with Gasteiger partial charge in [0.25, 0.3) is 5.91 Å². The number of carbonyl (C=O) groups excluding carboxylic acids is 1. The Morgan fingerprint density at radius 2 is 2.15 bits per heavy atom. The second-order valence-electron chi connectivity index (χ2n) is 5.60. The summed E-state index contributed by atoms with van der Waals surface area (Å²) in [7, 11) is 6.02. The Morgan fingerprint density at radius 3 is 2.80 bits per heavy atom. The Bertz CT molecular complexity index is 475. The second-order valence-corrected chi connectivity index (χ2v) is 5.60. The third-order valence-electron chi connectivity index (χ3n) is 3.83. The molecule has 0 spiro atoms. The Kier molecular flexibility index (Phi) is 4.62. The minimum absolute atomic E-state index is 0.0808. The van der Waals surface area contributed by atoms with Gasteiger partial charge in [0.2, 0.25) is 0 Å². The van der Waals surface area contributed by atoms with Crippen molar-refractivity contribution in [2.45, 2.75) is 6.04 Å². The van der Waals surface area contributed by atoms with Crippen LogP contribution in [-0.2, 0) is 0 Å². The molecule has 2 rings (SSSR count). The van der Waals surface area contributed by atoms with Crippen LogP contribution in [0.4, 0.5) is 5.69 Å². The van der Waals surface area contributed by atoms with Gasteiger partial charge in [0.15, 0.2) is 0 Å². The molecular weight excluding hydrogens is 252 g/mol. The van der Waals surface area contributed by atoms with Gasteiger partial charge >= 0.3 is 0 Å². The number of amides is 1. The fourth-order valence-corrected chi connectivity index (χ4v) is 2.56. The van der Waals surface area contributed by atoms with Crippen LogP contribution in [0.25, 0.3) is 0 Å². The standard InChI is InChI=1S/C15H24N4O/c1-17(2)13-6-4-5-12(9-13)15(20)19-8-7-18(3)11-14(19)10-16/h4-6,9,14H,7-8,10-11,16H2,1-3H3. The number of anilines is 1. The number of benzene rings is 1. The first-order valence-corrected chi connectivity index (χ1v) is 7.00. The summed E-state index contributed by atoms with van der Waals surface area (Å²) in [5.74, 6) is 0.0808. The Morgan fingerprint density at radius 1 is 1.40 bits per heavy atom. The number of piperazine rings is 1. The molecule has 1 unspecified atom stereocenters. The van der Waals surface area contributed by atoms with Crippen LogP contribution in [0.15, 0.2) is 24.3 Å². The smallest absolute Gasteiger partial charge is 0.254 e. The zero-order chi connectivity index (χ0) is 14.7. The molecule has 1 fully saturated rings. The topological polar surface area (TPSA) is 52.8 Å². The molecule has 1 aromatic rings. The van der Waals surface area contributed by atoms with Crippen molar-refractivity contribution in [2.75, 3.05) is 52.2 Å². The van der Waals surface area contributed by atoms with Gasteiger partial charge in [-0.25, -0.2) is 0 Å². The van der Waals surface area contributed by atoms with E-state index in [2.05, 4.69) is 11.9 Å². The van der Waals surface area contributed by atoms with Crippen LogP contribution in [0, 0.1) is 0 Å². The summed E-state index contributed by atoms with van der Waals surface area (Å²) in [4.78, 5) is 18.8. The number of rotatable bonds is 3. The molecule has 1 saturated heterocycles. The van der Waals surface area contributed by atoms with Crippen LogP contribution in [0.5, 0.6) is 0 Å². The van der Waals surface area contributed by atoms with Gasteiger partial charge in [-0.3, -0.25) is 4.79 Å². The SMILES string of the molecule is CN1CCN(C(=O)c2cccc(N(C)C)c2)C(CN)C1. The monoisotopic (exact) mass is 276 g/mol. The number of nitrogens with two attached hydrogens (primary N) is 1.